The van der Waals surface area contributed by atoms with Gasteiger partial charge in [0, 0.05) is 31.7 Å². The first-order valence-corrected chi connectivity index (χ1v) is 9.35. The van der Waals surface area contributed by atoms with Gasteiger partial charge in [0.15, 0.2) is 0 Å². The van der Waals surface area contributed by atoms with Crippen LogP contribution in [0.1, 0.15) is 11.3 Å². The summed E-state index contributed by atoms with van der Waals surface area (Å²) in [5.41, 5.74) is 3.24. The van der Waals surface area contributed by atoms with E-state index in [9.17, 15) is 9.59 Å². The number of likely N-dealkylation sites (N-methyl/N-ethyl adjacent to an activating group) is 1. The third kappa shape index (κ3) is 5.65. The van der Waals surface area contributed by atoms with Crippen LogP contribution in [0.15, 0.2) is 79.0 Å². The molecule has 29 heavy (non-hydrogen) atoms. The van der Waals surface area contributed by atoms with E-state index in [-0.39, 0.29) is 11.9 Å². The van der Waals surface area contributed by atoms with Crippen molar-refractivity contribution in [2.75, 3.05) is 24.3 Å². The molecule has 0 fully saturated rings. The van der Waals surface area contributed by atoms with Crippen LogP contribution in [0.2, 0.25) is 0 Å². The average Bonchev–Trinajstić information content (AvgIpc) is 2.75. The van der Waals surface area contributed by atoms with Crippen molar-refractivity contribution in [1.29, 1.82) is 0 Å². The van der Waals surface area contributed by atoms with E-state index in [0.717, 1.165) is 16.9 Å². The van der Waals surface area contributed by atoms with E-state index < -0.39 is 0 Å². The summed E-state index contributed by atoms with van der Waals surface area (Å²) in [5, 5.41) is 2.85. The molecule has 1 aromatic heterocycles. The number of pyridine rings is 1. The van der Waals surface area contributed by atoms with Gasteiger partial charge in [-0.15, -0.1) is 0 Å². The Hall–Kier alpha value is -3.67. The van der Waals surface area contributed by atoms with Crippen molar-refractivity contribution in [3.05, 3.63) is 90.3 Å². The number of nitrogens with zero attached hydrogens (tertiary/aromatic N) is 3. The molecule has 0 aliphatic rings. The topological polar surface area (TPSA) is 65.5 Å². The quantitative estimate of drug-likeness (QED) is 0.695. The van der Waals surface area contributed by atoms with Gasteiger partial charge in [0.2, 0.25) is 5.91 Å². The van der Waals surface area contributed by atoms with E-state index >= 15 is 0 Å². The van der Waals surface area contributed by atoms with Crippen LogP contribution in [0, 0.1) is 0 Å². The Morgan fingerprint density at radius 3 is 2.24 bits per heavy atom. The fraction of sp³-hybridized carbons (Fsp3) is 0.174. The maximum absolute atomic E-state index is 12.5. The van der Waals surface area contributed by atoms with Gasteiger partial charge in [0.05, 0.1) is 18.7 Å². The van der Waals surface area contributed by atoms with Crippen molar-refractivity contribution < 1.29 is 9.59 Å². The van der Waals surface area contributed by atoms with Crippen LogP contribution in [0.25, 0.3) is 0 Å². The normalized spacial score (nSPS) is 10.3. The van der Waals surface area contributed by atoms with E-state index in [1.165, 1.54) is 0 Å². The molecule has 0 atom stereocenters. The number of carbonyl (C=O) groups excluding carboxylic acids is 2. The van der Waals surface area contributed by atoms with Crippen LogP contribution in [0.5, 0.6) is 0 Å². The summed E-state index contributed by atoms with van der Waals surface area (Å²) in [4.78, 5) is 32.3. The lowest BCUT2D eigenvalue weighted by Crippen LogP contribution is -2.31. The molecule has 0 saturated heterocycles. The average molecular weight is 388 g/mol. The van der Waals surface area contributed by atoms with Crippen LogP contribution in [0.3, 0.4) is 0 Å². The molecule has 0 unspecified atom stereocenters. The Bertz CT molecular complexity index is 944. The SMILES string of the molecule is CN(Cc1ccccn1)C(=O)Nc1ccc(CC(=O)N(C)c2ccccc2)cc1. The second-order valence-corrected chi connectivity index (χ2v) is 6.77. The van der Waals surface area contributed by atoms with Crippen molar-refractivity contribution in [2.24, 2.45) is 0 Å². The first-order chi connectivity index (χ1) is 14.0. The third-order valence-corrected chi connectivity index (χ3v) is 4.55. The van der Waals surface area contributed by atoms with E-state index in [1.54, 1.807) is 42.2 Å². The molecule has 1 N–H and O–H groups in total. The number of carbonyl (C=O) groups is 2. The highest BCUT2D eigenvalue weighted by atomic mass is 16.2. The maximum Gasteiger partial charge on any atom is 0.321 e. The molecule has 1 heterocycles. The first-order valence-electron chi connectivity index (χ1n) is 9.35. The number of rotatable bonds is 6. The highest BCUT2D eigenvalue weighted by Crippen LogP contribution is 2.15. The highest BCUT2D eigenvalue weighted by Gasteiger charge is 2.13. The molecule has 3 aromatic rings. The van der Waals surface area contributed by atoms with Crippen molar-refractivity contribution >= 4 is 23.3 Å². The zero-order valence-corrected chi connectivity index (χ0v) is 16.6. The predicted molar refractivity (Wildman–Crippen MR) is 115 cm³/mol. The number of benzene rings is 2. The van der Waals surface area contributed by atoms with Crippen molar-refractivity contribution in [3.8, 4) is 0 Å². The third-order valence-electron chi connectivity index (χ3n) is 4.55. The lowest BCUT2D eigenvalue weighted by Gasteiger charge is -2.18. The lowest BCUT2D eigenvalue weighted by atomic mass is 10.1. The monoisotopic (exact) mass is 388 g/mol. The Morgan fingerprint density at radius 2 is 1.59 bits per heavy atom. The smallest absolute Gasteiger partial charge is 0.321 e. The van der Waals surface area contributed by atoms with Gasteiger partial charge in [-0.1, -0.05) is 36.4 Å². The molecule has 0 saturated carbocycles. The number of urea groups is 1. The minimum absolute atomic E-state index is 0.00285. The summed E-state index contributed by atoms with van der Waals surface area (Å²) >= 11 is 0. The first kappa shape index (κ1) is 20.1. The number of nitrogens with one attached hydrogen (secondary N) is 1. The van der Waals surface area contributed by atoms with Crippen LogP contribution in [0.4, 0.5) is 16.2 Å². The van der Waals surface area contributed by atoms with Crippen molar-refractivity contribution in [2.45, 2.75) is 13.0 Å². The predicted octanol–water partition coefficient (Wildman–Crippen LogP) is 3.95. The molecule has 3 rings (SSSR count). The van der Waals surface area contributed by atoms with E-state index in [2.05, 4.69) is 10.3 Å². The highest BCUT2D eigenvalue weighted by molar-refractivity contribution is 5.94. The van der Waals surface area contributed by atoms with Gasteiger partial charge in [-0.25, -0.2) is 4.79 Å². The summed E-state index contributed by atoms with van der Waals surface area (Å²) in [5.74, 6) is 0.00285. The Balaban J connectivity index is 1.54. The second kappa shape index (κ2) is 9.50. The molecule has 3 amide bonds. The minimum Gasteiger partial charge on any atom is -0.322 e. The number of amides is 3. The van der Waals surface area contributed by atoms with E-state index in [1.807, 2.05) is 60.7 Å². The largest absolute Gasteiger partial charge is 0.322 e. The van der Waals surface area contributed by atoms with Gasteiger partial charge in [-0.3, -0.25) is 9.78 Å². The van der Waals surface area contributed by atoms with Gasteiger partial charge >= 0.3 is 6.03 Å². The number of para-hydroxylation sites is 1. The van der Waals surface area contributed by atoms with Gasteiger partial charge < -0.3 is 15.1 Å². The summed E-state index contributed by atoms with van der Waals surface area (Å²) < 4.78 is 0. The summed E-state index contributed by atoms with van der Waals surface area (Å²) in [6, 6.07) is 22.2. The Kier molecular flexibility index (Phi) is 6.58. The fourth-order valence-corrected chi connectivity index (χ4v) is 2.82. The lowest BCUT2D eigenvalue weighted by molar-refractivity contribution is -0.117. The van der Waals surface area contributed by atoms with Gasteiger partial charge in [-0.05, 0) is 42.0 Å². The number of hydrogen-bond donors (Lipinski definition) is 1. The van der Waals surface area contributed by atoms with Gasteiger partial charge in [0.25, 0.3) is 0 Å². The van der Waals surface area contributed by atoms with Crippen LogP contribution >= 0.6 is 0 Å². The summed E-state index contributed by atoms with van der Waals surface area (Å²) in [6.45, 7) is 0.422. The molecular weight excluding hydrogens is 364 g/mol. The molecule has 2 aromatic carbocycles. The molecule has 6 nitrogen and oxygen atoms in total. The van der Waals surface area contributed by atoms with Crippen LogP contribution in [-0.2, 0) is 17.8 Å². The number of aromatic nitrogens is 1. The van der Waals surface area contributed by atoms with Crippen molar-refractivity contribution in [1.82, 2.24) is 9.88 Å². The maximum atomic E-state index is 12.5. The molecule has 0 spiro atoms. The molecule has 0 radical (unpaired) electrons. The van der Waals surface area contributed by atoms with Crippen LogP contribution < -0.4 is 10.2 Å². The van der Waals surface area contributed by atoms with E-state index in [4.69, 9.17) is 0 Å². The Morgan fingerprint density at radius 1 is 0.897 bits per heavy atom. The van der Waals surface area contributed by atoms with Crippen molar-refractivity contribution in [3.63, 3.8) is 0 Å². The second-order valence-electron chi connectivity index (χ2n) is 6.77. The van der Waals surface area contributed by atoms with Crippen LogP contribution in [-0.4, -0.2) is 35.9 Å². The molecule has 0 aliphatic carbocycles. The molecule has 0 bridgehead atoms. The zero-order valence-electron chi connectivity index (χ0n) is 16.6. The minimum atomic E-state index is -0.219. The number of anilines is 2. The Labute approximate surface area is 170 Å². The molecule has 148 valence electrons. The van der Waals surface area contributed by atoms with Gasteiger partial charge in [-0.2, -0.15) is 0 Å². The standard InChI is InChI=1S/C23H24N4O2/c1-26(17-20-8-6-7-15-24-20)23(29)25-19-13-11-18(12-14-19)16-22(28)27(2)21-9-4-3-5-10-21/h3-15H,16-17H2,1-2H3,(H,25,29). The molecular formula is C23H24N4O2. The fourth-order valence-electron chi connectivity index (χ4n) is 2.82. The summed E-state index contributed by atoms with van der Waals surface area (Å²) in [6.07, 6.45) is 2.00. The van der Waals surface area contributed by atoms with Gasteiger partial charge in [0.1, 0.15) is 0 Å². The molecule has 0 aliphatic heterocycles. The van der Waals surface area contributed by atoms with E-state index in [0.29, 0.717) is 18.7 Å². The molecule has 6 heteroatoms. The zero-order chi connectivity index (χ0) is 20.6. The number of hydrogen-bond acceptors (Lipinski definition) is 3. The summed E-state index contributed by atoms with van der Waals surface area (Å²) in [7, 11) is 3.49.